The van der Waals surface area contributed by atoms with E-state index in [1.807, 2.05) is 31.2 Å². The zero-order valence-corrected chi connectivity index (χ0v) is 17.2. The van der Waals surface area contributed by atoms with Crippen molar-refractivity contribution >= 4 is 15.4 Å². The zero-order chi connectivity index (χ0) is 20.3. The van der Waals surface area contributed by atoms with Crippen LogP contribution in [0.15, 0.2) is 48.6 Å². The van der Waals surface area contributed by atoms with Gasteiger partial charge in [-0.3, -0.25) is 4.79 Å². The van der Waals surface area contributed by atoms with Crippen molar-refractivity contribution in [3.63, 3.8) is 0 Å². The number of methoxy groups -OCH3 is 1. The molecule has 0 spiro atoms. The molecule has 0 radical (unpaired) electrons. The van der Waals surface area contributed by atoms with Crippen LogP contribution in [0.5, 0.6) is 0 Å². The number of carbonyl (C=O) groups is 1. The Balaban J connectivity index is 4.03. The lowest BCUT2D eigenvalue weighted by Gasteiger charge is -2.13. The van der Waals surface area contributed by atoms with Gasteiger partial charge in [0, 0.05) is 22.3 Å². The molecule has 0 aliphatic heterocycles. The molecule has 0 aliphatic carbocycles. The molecular weight excluding hydrogens is 363 g/mol. The summed E-state index contributed by atoms with van der Waals surface area (Å²) in [7, 11) is 3.58. The first-order valence-corrected chi connectivity index (χ1v) is 9.45. The Morgan fingerprint density at radius 3 is 2.59 bits per heavy atom. The van der Waals surface area contributed by atoms with Gasteiger partial charge in [-0.2, -0.15) is 0 Å². The van der Waals surface area contributed by atoms with Crippen LogP contribution in [0.3, 0.4) is 0 Å². The smallest absolute Gasteiger partial charge is 0.305 e. The maximum Gasteiger partial charge on any atom is 0.305 e. The minimum Gasteiger partial charge on any atom is -0.469 e. The highest BCUT2D eigenvalue weighted by molar-refractivity contribution is 7.09. The third-order valence-corrected chi connectivity index (χ3v) is 3.92. The predicted molar refractivity (Wildman–Crippen MR) is 112 cm³/mol. The van der Waals surface area contributed by atoms with E-state index < -0.39 is 12.2 Å². The summed E-state index contributed by atoms with van der Waals surface area (Å²) >= 11 is 0. The van der Waals surface area contributed by atoms with Gasteiger partial charge in [0.1, 0.15) is 0 Å². The first kappa shape index (κ1) is 25.3. The van der Waals surface area contributed by atoms with E-state index in [0.29, 0.717) is 19.3 Å². The van der Waals surface area contributed by atoms with E-state index >= 15 is 0 Å². The van der Waals surface area contributed by atoms with Gasteiger partial charge in [-0.1, -0.05) is 55.2 Å². The molecule has 5 nitrogen and oxygen atoms in total. The normalized spacial score (nSPS) is 15.3. The van der Waals surface area contributed by atoms with Crippen molar-refractivity contribution in [2.45, 2.75) is 57.3 Å². The molecule has 6 heteroatoms. The molecule has 0 aromatic rings. The molecule has 27 heavy (non-hydrogen) atoms. The zero-order valence-electron chi connectivity index (χ0n) is 16.1. The van der Waals surface area contributed by atoms with Crippen molar-refractivity contribution in [3.05, 3.63) is 48.6 Å². The second-order valence-electron chi connectivity index (χ2n) is 5.69. The van der Waals surface area contributed by atoms with Crippen LogP contribution >= 0.6 is 9.47 Å². The van der Waals surface area contributed by atoms with Crippen molar-refractivity contribution in [2.75, 3.05) is 7.11 Å². The Morgan fingerprint density at radius 2 is 1.93 bits per heavy atom. The molecular formula is C21H31O5P. The molecule has 0 amide bonds. The van der Waals surface area contributed by atoms with E-state index in [2.05, 4.69) is 26.0 Å². The first-order chi connectivity index (χ1) is 13.0. The number of allylic oxidation sites excluding steroid dienone is 6. The number of aliphatic hydroxyl groups excluding tert-OH is 2. The lowest BCUT2D eigenvalue weighted by molar-refractivity contribution is -0.140. The first-order valence-electron chi connectivity index (χ1n) is 8.98. The Kier molecular flexibility index (Phi) is 16.6. The van der Waals surface area contributed by atoms with Crippen LogP contribution in [0.2, 0.25) is 0 Å². The summed E-state index contributed by atoms with van der Waals surface area (Å²) in [5.74, 6) is 5.63. The van der Waals surface area contributed by atoms with Gasteiger partial charge in [-0.25, -0.2) is 0 Å². The van der Waals surface area contributed by atoms with Crippen molar-refractivity contribution in [1.82, 2.24) is 0 Å². The van der Waals surface area contributed by atoms with Crippen molar-refractivity contribution in [3.8, 4) is 11.8 Å². The highest BCUT2D eigenvalue weighted by atomic mass is 31.0. The van der Waals surface area contributed by atoms with Crippen LogP contribution in [0, 0.1) is 11.8 Å². The van der Waals surface area contributed by atoms with Crippen molar-refractivity contribution in [1.29, 1.82) is 0 Å². The standard InChI is InChI=1S/C21H31O5P/c1-3-18(26-27)14-11-9-7-5-4-6-8-10-12-15-19(22)20(23)16-13-17-21(24)25-2/h4,6,8,10-12,14-15,18-20,22-23H,3,5,13,16-17,27H2,1-2H3. The molecule has 0 bridgehead atoms. The van der Waals surface area contributed by atoms with E-state index in [1.54, 1.807) is 18.2 Å². The van der Waals surface area contributed by atoms with Crippen LogP contribution in [0.4, 0.5) is 0 Å². The van der Waals surface area contributed by atoms with Gasteiger partial charge in [0.2, 0.25) is 0 Å². The van der Waals surface area contributed by atoms with Crippen LogP contribution in [0.25, 0.3) is 0 Å². The van der Waals surface area contributed by atoms with E-state index in [-0.39, 0.29) is 18.5 Å². The fourth-order valence-electron chi connectivity index (χ4n) is 1.92. The lowest BCUT2D eigenvalue weighted by atomic mass is 10.1. The Hall–Kier alpha value is -1.70. The average molecular weight is 394 g/mol. The number of hydrogen-bond donors (Lipinski definition) is 2. The van der Waals surface area contributed by atoms with Gasteiger partial charge >= 0.3 is 5.97 Å². The van der Waals surface area contributed by atoms with E-state index in [4.69, 9.17) is 4.52 Å². The lowest BCUT2D eigenvalue weighted by Crippen LogP contribution is -2.23. The summed E-state index contributed by atoms with van der Waals surface area (Å²) in [5, 5.41) is 19.6. The summed E-state index contributed by atoms with van der Waals surface area (Å²) in [4.78, 5) is 11.0. The third-order valence-electron chi connectivity index (χ3n) is 3.57. The van der Waals surface area contributed by atoms with Gasteiger partial charge in [-0.15, -0.1) is 0 Å². The van der Waals surface area contributed by atoms with Gasteiger partial charge in [-0.05, 0) is 31.4 Å². The highest BCUT2D eigenvalue weighted by Crippen LogP contribution is 2.07. The number of hydrogen-bond acceptors (Lipinski definition) is 5. The van der Waals surface area contributed by atoms with Gasteiger partial charge in [0.15, 0.2) is 0 Å². The maximum absolute atomic E-state index is 11.0. The quantitative estimate of drug-likeness (QED) is 0.230. The fourth-order valence-corrected chi connectivity index (χ4v) is 2.20. The Bertz CT molecular complexity index is 565. The minimum absolute atomic E-state index is 0.0799. The van der Waals surface area contributed by atoms with E-state index in [0.717, 1.165) is 6.42 Å². The Labute approximate surface area is 165 Å². The maximum atomic E-state index is 11.0. The van der Waals surface area contributed by atoms with Gasteiger partial charge in [0.25, 0.3) is 0 Å². The predicted octanol–water partition coefficient (Wildman–Crippen LogP) is 3.26. The number of carbonyl (C=O) groups excluding carboxylic acids is 1. The molecule has 0 heterocycles. The third kappa shape index (κ3) is 15.1. The van der Waals surface area contributed by atoms with Crippen LogP contribution < -0.4 is 0 Å². The topological polar surface area (TPSA) is 76.0 Å². The number of rotatable bonds is 12. The van der Waals surface area contributed by atoms with Crippen LogP contribution in [0.1, 0.15) is 39.0 Å². The minimum atomic E-state index is -0.966. The van der Waals surface area contributed by atoms with Crippen LogP contribution in [-0.4, -0.2) is 41.6 Å². The molecule has 0 rings (SSSR count). The van der Waals surface area contributed by atoms with Gasteiger partial charge < -0.3 is 19.5 Å². The Morgan fingerprint density at radius 1 is 1.19 bits per heavy atom. The highest BCUT2D eigenvalue weighted by Gasteiger charge is 2.13. The summed E-state index contributed by atoms with van der Waals surface area (Å²) in [6, 6.07) is 0. The second-order valence-corrected chi connectivity index (χ2v) is 5.96. The monoisotopic (exact) mass is 394 g/mol. The molecule has 2 N–H and O–H groups in total. The molecule has 150 valence electrons. The largest absolute Gasteiger partial charge is 0.469 e. The second kappa shape index (κ2) is 17.7. The number of aliphatic hydroxyl groups is 2. The van der Waals surface area contributed by atoms with Gasteiger partial charge in [0.05, 0.1) is 25.4 Å². The summed E-state index contributed by atoms with van der Waals surface area (Å²) < 4.78 is 9.65. The van der Waals surface area contributed by atoms with E-state index in [1.165, 1.54) is 13.2 Å². The molecule has 0 saturated heterocycles. The molecule has 0 fully saturated rings. The SMILES string of the molecule is CCC(C=CC#CCC=CC=CC=CC(O)C(O)CCCC(=O)OC)OP. The number of ether oxygens (including phenoxy) is 1. The number of esters is 1. The molecule has 0 aromatic heterocycles. The molecule has 4 unspecified atom stereocenters. The van der Waals surface area contributed by atoms with Crippen LogP contribution in [-0.2, 0) is 14.1 Å². The fraction of sp³-hybridized carbons (Fsp3) is 0.476. The summed E-state index contributed by atoms with van der Waals surface area (Å²) in [5.41, 5.74) is 0. The molecule has 0 saturated carbocycles. The van der Waals surface area contributed by atoms with Crippen molar-refractivity contribution < 1.29 is 24.3 Å². The summed E-state index contributed by atoms with van der Waals surface area (Å²) in [6.45, 7) is 2.04. The van der Waals surface area contributed by atoms with E-state index in [9.17, 15) is 15.0 Å². The molecule has 4 atom stereocenters. The molecule has 0 aromatic carbocycles. The molecule has 0 aliphatic rings. The average Bonchev–Trinajstić information content (AvgIpc) is 2.68. The van der Waals surface area contributed by atoms with Crippen molar-refractivity contribution in [2.24, 2.45) is 0 Å². The summed E-state index contributed by atoms with van der Waals surface area (Å²) in [6.07, 6.45) is 15.0.